The lowest BCUT2D eigenvalue weighted by molar-refractivity contribution is 0.00833. The summed E-state index contributed by atoms with van der Waals surface area (Å²) in [6.45, 7) is 2.89. The average molecular weight is 418 g/mol. The number of rotatable bonds is 4. The summed E-state index contributed by atoms with van der Waals surface area (Å²) in [4.78, 5) is 6.12. The molecule has 5 rings (SSSR count). The molecule has 4 heterocycles. The van der Waals surface area contributed by atoms with Crippen LogP contribution in [0.15, 0.2) is 36.8 Å². The molecule has 2 fully saturated rings. The molecule has 2 aliphatic rings. The van der Waals surface area contributed by atoms with Crippen LogP contribution in [0.1, 0.15) is 41.6 Å². The van der Waals surface area contributed by atoms with E-state index in [-0.39, 0.29) is 5.92 Å². The van der Waals surface area contributed by atoms with Crippen LogP contribution in [-0.2, 0) is 11.8 Å². The summed E-state index contributed by atoms with van der Waals surface area (Å²) >= 11 is 0. The third-order valence-corrected chi connectivity index (χ3v) is 6.36. The second-order valence-electron chi connectivity index (χ2n) is 8.20. The van der Waals surface area contributed by atoms with Crippen molar-refractivity contribution in [3.05, 3.63) is 59.7 Å². The minimum atomic E-state index is -0.515. The van der Waals surface area contributed by atoms with Gasteiger partial charge in [0.15, 0.2) is 0 Å². The first kappa shape index (κ1) is 19.6. The number of benzene rings is 1. The summed E-state index contributed by atoms with van der Waals surface area (Å²) < 4.78 is 20.8. The molecule has 3 aromatic rings. The number of ether oxygens (including phenoxy) is 1. The Morgan fingerprint density at radius 2 is 1.94 bits per heavy atom. The molecule has 31 heavy (non-hydrogen) atoms. The number of hydrogen-bond donors (Lipinski definition) is 0. The second-order valence-corrected chi connectivity index (χ2v) is 8.20. The molecule has 2 aliphatic heterocycles. The third kappa shape index (κ3) is 3.55. The van der Waals surface area contributed by atoms with Crippen LogP contribution >= 0.6 is 0 Å². The van der Waals surface area contributed by atoms with Gasteiger partial charge >= 0.3 is 0 Å². The predicted octanol–water partition coefficient (Wildman–Crippen LogP) is 3.39. The topological polar surface area (TPSA) is 79.9 Å². The number of nitriles is 1. The van der Waals surface area contributed by atoms with E-state index >= 15 is 0 Å². The molecular formula is C23H23FN6O. The normalized spacial score (nSPS) is 17.4. The van der Waals surface area contributed by atoms with Crippen LogP contribution in [0.4, 0.5) is 10.1 Å². The molecule has 0 unspecified atom stereocenters. The zero-order chi connectivity index (χ0) is 21.4. The number of anilines is 1. The van der Waals surface area contributed by atoms with Crippen molar-refractivity contribution < 1.29 is 9.13 Å². The fourth-order valence-electron chi connectivity index (χ4n) is 4.60. The summed E-state index contributed by atoms with van der Waals surface area (Å²) in [6.07, 6.45) is 5.12. The summed E-state index contributed by atoms with van der Waals surface area (Å²) in [5, 5.41) is 18.4. The zero-order valence-electron chi connectivity index (χ0n) is 17.3. The quantitative estimate of drug-likeness (QED) is 0.605. The Bertz CT molecular complexity index is 1120. The highest BCUT2D eigenvalue weighted by molar-refractivity contribution is 5.84. The first-order chi connectivity index (χ1) is 15.2. The van der Waals surface area contributed by atoms with Crippen molar-refractivity contribution >= 4 is 5.69 Å². The van der Waals surface area contributed by atoms with Crippen molar-refractivity contribution in [2.45, 2.75) is 24.7 Å². The Morgan fingerprint density at radius 3 is 2.52 bits per heavy atom. The van der Waals surface area contributed by atoms with Gasteiger partial charge in [-0.25, -0.2) is 4.98 Å². The van der Waals surface area contributed by atoms with Gasteiger partial charge in [0.1, 0.15) is 18.2 Å². The average Bonchev–Trinajstić information content (AvgIpc) is 3.19. The van der Waals surface area contributed by atoms with E-state index in [0.717, 1.165) is 54.1 Å². The van der Waals surface area contributed by atoms with Gasteiger partial charge in [0.05, 0.1) is 24.5 Å². The molecular weight excluding hydrogens is 395 g/mol. The first-order valence-corrected chi connectivity index (χ1v) is 10.5. The van der Waals surface area contributed by atoms with Crippen LogP contribution < -0.4 is 4.90 Å². The van der Waals surface area contributed by atoms with Crippen LogP contribution in [0.5, 0.6) is 0 Å². The van der Waals surface area contributed by atoms with Gasteiger partial charge in [0, 0.05) is 49.3 Å². The van der Waals surface area contributed by atoms with E-state index in [9.17, 15) is 9.65 Å². The Morgan fingerprint density at radius 1 is 1.13 bits per heavy atom. The molecule has 0 bridgehead atoms. The van der Waals surface area contributed by atoms with E-state index in [0.29, 0.717) is 24.7 Å². The summed E-state index contributed by atoms with van der Waals surface area (Å²) in [5.41, 5.74) is 4.34. The van der Waals surface area contributed by atoms with E-state index in [1.165, 1.54) is 12.3 Å². The lowest BCUT2D eigenvalue weighted by Gasteiger charge is -2.36. The molecule has 2 aromatic heterocycles. The molecule has 0 N–H and O–H groups in total. The number of hydrogen-bond acceptors (Lipinski definition) is 6. The Kier molecular flexibility index (Phi) is 5.12. The summed E-state index contributed by atoms with van der Waals surface area (Å²) in [6, 6.07) is 9.59. The van der Waals surface area contributed by atoms with Crippen molar-refractivity contribution in [3.63, 3.8) is 0 Å². The molecule has 0 aliphatic carbocycles. The maximum Gasteiger partial charge on any atom is 0.212 e. The van der Waals surface area contributed by atoms with Gasteiger partial charge in [0.25, 0.3) is 0 Å². The van der Waals surface area contributed by atoms with Gasteiger partial charge in [-0.15, -0.1) is 10.2 Å². The van der Waals surface area contributed by atoms with Gasteiger partial charge < -0.3 is 14.2 Å². The molecule has 0 saturated carbocycles. The SMILES string of the molecule is Cn1cnnc1C1CCN(c2c(-c3ccc(F)nc3)ccc(C3COC3)c2C#N)CC1. The summed E-state index contributed by atoms with van der Waals surface area (Å²) in [7, 11) is 1.97. The van der Waals surface area contributed by atoms with Gasteiger partial charge in [-0.05, 0) is 30.5 Å². The zero-order valence-corrected chi connectivity index (χ0v) is 17.3. The maximum atomic E-state index is 13.4. The summed E-state index contributed by atoms with van der Waals surface area (Å²) in [5.74, 6) is 1.07. The van der Waals surface area contributed by atoms with Crippen molar-refractivity contribution in [1.82, 2.24) is 19.7 Å². The fraction of sp³-hybridized carbons (Fsp3) is 0.391. The first-order valence-electron chi connectivity index (χ1n) is 10.5. The van der Waals surface area contributed by atoms with Crippen LogP contribution in [0, 0.1) is 17.3 Å². The highest BCUT2D eigenvalue weighted by atomic mass is 19.1. The van der Waals surface area contributed by atoms with E-state index in [4.69, 9.17) is 4.74 Å². The molecule has 8 heteroatoms. The third-order valence-electron chi connectivity index (χ3n) is 6.36. The lowest BCUT2D eigenvalue weighted by Crippen LogP contribution is -2.35. The van der Waals surface area contributed by atoms with Crippen LogP contribution in [0.2, 0.25) is 0 Å². The van der Waals surface area contributed by atoms with E-state index < -0.39 is 5.95 Å². The van der Waals surface area contributed by atoms with Gasteiger partial charge in [-0.1, -0.05) is 12.1 Å². The number of aryl methyl sites for hydroxylation is 1. The maximum absolute atomic E-state index is 13.4. The molecule has 0 amide bonds. The molecule has 0 spiro atoms. The predicted molar refractivity (Wildman–Crippen MR) is 113 cm³/mol. The number of aromatic nitrogens is 4. The fourth-order valence-corrected chi connectivity index (χ4v) is 4.60. The number of pyridine rings is 1. The monoisotopic (exact) mass is 418 g/mol. The largest absolute Gasteiger partial charge is 0.380 e. The van der Waals surface area contributed by atoms with E-state index in [1.807, 2.05) is 23.7 Å². The Balaban J connectivity index is 1.53. The van der Waals surface area contributed by atoms with Crippen LogP contribution in [0.3, 0.4) is 0 Å². The molecule has 0 atom stereocenters. The van der Waals surface area contributed by atoms with Crippen LogP contribution in [-0.4, -0.2) is 46.1 Å². The highest BCUT2D eigenvalue weighted by Crippen LogP contribution is 2.41. The molecule has 0 radical (unpaired) electrons. The van der Waals surface area contributed by atoms with Crippen molar-refractivity contribution in [1.29, 1.82) is 5.26 Å². The standard InChI is InChI=1S/C23H23FN6O/c1-29-14-27-28-23(29)15-6-8-30(9-7-15)22-19(16-2-5-21(24)26-11-16)4-3-18(20(22)10-25)17-12-31-13-17/h2-5,11,14-15,17H,6-9,12-13H2,1H3. The van der Waals surface area contributed by atoms with Crippen molar-refractivity contribution in [2.75, 3.05) is 31.2 Å². The Hall–Kier alpha value is -3.31. The van der Waals surface area contributed by atoms with E-state index in [1.54, 1.807) is 12.4 Å². The number of halogens is 1. The minimum Gasteiger partial charge on any atom is -0.380 e. The molecule has 7 nitrogen and oxygen atoms in total. The molecule has 2 saturated heterocycles. The second kappa shape index (κ2) is 8.08. The number of piperidine rings is 1. The molecule has 158 valence electrons. The van der Waals surface area contributed by atoms with Gasteiger partial charge in [0.2, 0.25) is 5.95 Å². The van der Waals surface area contributed by atoms with Gasteiger partial charge in [-0.2, -0.15) is 9.65 Å². The lowest BCUT2D eigenvalue weighted by atomic mass is 9.87. The Labute approximate surface area is 180 Å². The van der Waals surface area contributed by atoms with E-state index in [2.05, 4.69) is 26.2 Å². The number of nitrogens with zero attached hydrogens (tertiary/aromatic N) is 6. The van der Waals surface area contributed by atoms with Gasteiger partial charge in [-0.3, -0.25) is 0 Å². The highest BCUT2D eigenvalue weighted by Gasteiger charge is 2.31. The minimum absolute atomic E-state index is 0.241. The van der Waals surface area contributed by atoms with Crippen LogP contribution in [0.25, 0.3) is 11.1 Å². The molecule has 1 aromatic carbocycles. The van der Waals surface area contributed by atoms with Crippen molar-refractivity contribution in [2.24, 2.45) is 7.05 Å². The smallest absolute Gasteiger partial charge is 0.212 e. The van der Waals surface area contributed by atoms with Crippen molar-refractivity contribution in [3.8, 4) is 17.2 Å².